The van der Waals surface area contributed by atoms with Gasteiger partial charge in [-0.05, 0) is 36.4 Å². The van der Waals surface area contributed by atoms with Gasteiger partial charge in [0.25, 0.3) is 10.0 Å². The predicted molar refractivity (Wildman–Crippen MR) is 121 cm³/mol. The van der Waals surface area contributed by atoms with Crippen LogP contribution < -0.4 is 20.8 Å². The first-order valence-electron chi connectivity index (χ1n) is 9.41. The Labute approximate surface area is 182 Å². The number of aromatic nitrogens is 2. The van der Waals surface area contributed by atoms with Crippen LogP contribution in [0.1, 0.15) is 5.56 Å². The van der Waals surface area contributed by atoms with Gasteiger partial charge in [-0.3, -0.25) is 0 Å². The molecule has 8 nitrogen and oxygen atoms in total. The van der Waals surface area contributed by atoms with Crippen LogP contribution in [0.2, 0.25) is 5.02 Å². The van der Waals surface area contributed by atoms with Gasteiger partial charge in [-0.25, -0.2) is 13.4 Å². The summed E-state index contributed by atoms with van der Waals surface area (Å²) in [6.45, 7) is 0.531. The molecule has 0 amide bonds. The van der Waals surface area contributed by atoms with Gasteiger partial charge in [-0.15, -0.1) is 0 Å². The van der Waals surface area contributed by atoms with Crippen molar-refractivity contribution < 1.29 is 13.5 Å². The summed E-state index contributed by atoms with van der Waals surface area (Å²) in [5, 5.41) is 13.2. The molecule has 0 saturated carbocycles. The van der Waals surface area contributed by atoms with Gasteiger partial charge >= 0.3 is 0 Å². The number of sulfonamides is 1. The summed E-state index contributed by atoms with van der Waals surface area (Å²) >= 11 is 6.05. The molecule has 0 spiro atoms. The predicted octanol–water partition coefficient (Wildman–Crippen LogP) is 1.04. The molecule has 2 N–H and O–H groups in total. The van der Waals surface area contributed by atoms with E-state index in [1.807, 2.05) is 34.7 Å². The van der Waals surface area contributed by atoms with Gasteiger partial charge in [0.05, 0.1) is 33.4 Å². The van der Waals surface area contributed by atoms with Gasteiger partial charge in [0.1, 0.15) is 5.82 Å². The number of hydrogen-bond donors (Lipinski definition) is 2. The Morgan fingerprint density at radius 1 is 1.23 bits per heavy atom. The third-order valence-corrected chi connectivity index (χ3v) is 6.04. The molecule has 0 bridgehead atoms. The van der Waals surface area contributed by atoms with Crippen molar-refractivity contribution in [2.75, 3.05) is 17.7 Å². The molecule has 0 fully saturated rings. The highest BCUT2D eigenvalue weighted by atomic mass is 35.5. The number of aromatic hydroxyl groups is 1. The van der Waals surface area contributed by atoms with Crippen LogP contribution in [0.15, 0.2) is 45.9 Å². The highest BCUT2D eigenvalue weighted by molar-refractivity contribution is 7.89. The summed E-state index contributed by atoms with van der Waals surface area (Å²) < 4.78 is 29.4. The fourth-order valence-corrected chi connectivity index (χ4v) is 4.63. The molecule has 2 aromatic heterocycles. The van der Waals surface area contributed by atoms with Crippen LogP contribution in [0.5, 0.6) is 5.88 Å². The molecule has 2 aliphatic rings. The molecule has 0 aliphatic carbocycles. The lowest BCUT2D eigenvalue weighted by Gasteiger charge is -2.25. The van der Waals surface area contributed by atoms with E-state index in [0.29, 0.717) is 34.2 Å². The first kappa shape index (κ1) is 19.7. The van der Waals surface area contributed by atoms with Crippen molar-refractivity contribution in [3.05, 3.63) is 63.0 Å². The number of anilines is 1. The Balaban J connectivity index is 1.87. The molecule has 5 rings (SSSR count). The number of aryl methyl sites for hydroxylation is 1. The maximum Gasteiger partial charge on any atom is 0.250 e. The second kappa shape index (κ2) is 6.86. The van der Waals surface area contributed by atoms with Gasteiger partial charge in [0.15, 0.2) is 5.88 Å². The zero-order chi connectivity index (χ0) is 21.9. The van der Waals surface area contributed by atoms with E-state index in [-0.39, 0.29) is 11.2 Å². The Hall–Kier alpha value is -3.30. The van der Waals surface area contributed by atoms with Gasteiger partial charge < -0.3 is 19.6 Å². The highest BCUT2D eigenvalue weighted by Gasteiger charge is 2.26. The number of halogens is 1. The molecule has 1 aromatic carbocycles. The van der Waals surface area contributed by atoms with Crippen molar-refractivity contribution in [1.29, 1.82) is 0 Å². The van der Waals surface area contributed by atoms with Gasteiger partial charge in [0.2, 0.25) is 0 Å². The molecule has 3 aromatic rings. The summed E-state index contributed by atoms with van der Waals surface area (Å²) in [7, 11) is -1.81. The number of pyridine rings is 1. The van der Waals surface area contributed by atoms with Gasteiger partial charge in [-0.1, -0.05) is 11.6 Å². The summed E-state index contributed by atoms with van der Waals surface area (Å²) in [5.74, 6) is 0.614. The SMILES string of the molecule is Cn1ccc(=NS(C)(=O)=O)c2c1-c1c(O)[nH]c3c1=C(N=C2)N(c1ccc(Cl)cc1)CC=3. The van der Waals surface area contributed by atoms with E-state index in [4.69, 9.17) is 16.6 Å². The van der Waals surface area contributed by atoms with Gasteiger partial charge in [0, 0.05) is 42.3 Å². The molecule has 0 unspecified atom stereocenters. The zero-order valence-corrected chi connectivity index (χ0v) is 18.2. The Morgan fingerprint density at radius 3 is 2.68 bits per heavy atom. The number of H-pyrrole nitrogens is 1. The van der Waals surface area contributed by atoms with Gasteiger partial charge in [-0.2, -0.15) is 4.40 Å². The Bertz CT molecular complexity index is 1560. The summed E-state index contributed by atoms with van der Waals surface area (Å²) in [6, 6.07) is 9.03. The molecular weight excluding hydrogens is 438 g/mol. The maximum atomic E-state index is 11.9. The van der Waals surface area contributed by atoms with Crippen LogP contribution in [0.25, 0.3) is 23.2 Å². The van der Waals surface area contributed by atoms with Crippen molar-refractivity contribution in [1.82, 2.24) is 9.55 Å². The lowest BCUT2D eigenvalue weighted by molar-refractivity contribution is 0.457. The summed E-state index contributed by atoms with van der Waals surface area (Å²) in [5.41, 5.74) is 2.55. The topological polar surface area (TPSA) is 103 Å². The Kier molecular flexibility index (Phi) is 4.35. The third-order valence-electron chi connectivity index (χ3n) is 5.26. The summed E-state index contributed by atoms with van der Waals surface area (Å²) in [6.07, 6.45) is 6.33. The number of fused-ring (bicyclic) bond motifs is 2. The van der Waals surface area contributed by atoms with Crippen molar-refractivity contribution in [2.45, 2.75) is 0 Å². The van der Waals surface area contributed by atoms with E-state index in [1.165, 1.54) is 0 Å². The maximum absolute atomic E-state index is 11.9. The minimum absolute atomic E-state index is 0.0180. The van der Waals surface area contributed by atoms with Crippen molar-refractivity contribution in [3.8, 4) is 17.1 Å². The second-order valence-corrected chi connectivity index (χ2v) is 9.49. The first-order chi connectivity index (χ1) is 14.7. The third kappa shape index (κ3) is 3.26. The molecule has 0 radical (unpaired) electrons. The van der Waals surface area contributed by atoms with Crippen molar-refractivity contribution in [2.24, 2.45) is 16.4 Å². The molecule has 2 aliphatic heterocycles. The molecule has 0 saturated heterocycles. The summed E-state index contributed by atoms with van der Waals surface area (Å²) in [4.78, 5) is 9.76. The highest BCUT2D eigenvalue weighted by Crippen LogP contribution is 2.30. The van der Waals surface area contributed by atoms with E-state index in [0.717, 1.165) is 22.5 Å². The number of rotatable bonds is 2. The largest absolute Gasteiger partial charge is 0.494 e. The normalized spacial score (nSPS) is 15.4. The van der Waals surface area contributed by atoms with E-state index in [1.54, 1.807) is 30.6 Å². The fourth-order valence-electron chi connectivity index (χ4n) is 3.99. The van der Waals surface area contributed by atoms with Crippen LogP contribution in [0.4, 0.5) is 5.69 Å². The minimum Gasteiger partial charge on any atom is -0.494 e. The number of benzene rings is 1. The van der Waals surface area contributed by atoms with Crippen molar-refractivity contribution in [3.63, 3.8) is 0 Å². The first-order valence-corrected chi connectivity index (χ1v) is 11.6. The number of nitrogens with one attached hydrogen (secondary N) is 1. The number of aliphatic imine (C=N–C) groups is 1. The lowest BCUT2D eigenvalue weighted by Crippen LogP contribution is -2.39. The Morgan fingerprint density at radius 2 is 1.97 bits per heavy atom. The number of hydrogen-bond acceptors (Lipinski definition) is 5. The van der Waals surface area contributed by atoms with E-state index in [9.17, 15) is 13.5 Å². The van der Waals surface area contributed by atoms with E-state index in [2.05, 4.69) is 9.38 Å². The monoisotopic (exact) mass is 455 g/mol. The standard InChI is InChI=1S/C21H18ClN5O3S/c1-26-9-7-15(25-31(2,29)30)14-11-23-20-17-16(24-21(28)18(17)19(14)26)8-10-27(20)13-5-3-12(22)4-6-13/h3-9,11,24,28H,10H2,1-2H3. The number of nitrogens with zero attached hydrogens (tertiary/aromatic N) is 4. The molecule has 10 heteroatoms. The minimum atomic E-state index is -3.63. The zero-order valence-electron chi connectivity index (χ0n) is 16.7. The van der Waals surface area contributed by atoms with Crippen LogP contribution in [-0.2, 0) is 17.1 Å². The van der Waals surface area contributed by atoms with Crippen molar-refractivity contribution >= 4 is 45.4 Å². The van der Waals surface area contributed by atoms with Crippen LogP contribution in [0, 0.1) is 0 Å². The van der Waals surface area contributed by atoms with Crippen LogP contribution >= 0.6 is 11.6 Å². The van der Waals surface area contributed by atoms with Crippen LogP contribution in [-0.4, -0.2) is 42.1 Å². The molecule has 158 valence electrons. The van der Waals surface area contributed by atoms with E-state index >= 15 is 0 Å². The molecular formula is C21H18ClN5O3S. The molecule has 31 heavy (non-hydrogen) atoms. The molecule has 4 heterocycles. The lowest BCUT2D eigenvalue weighted by atomic mass is 10.1. The van der Waals surface area contributed by atoms with Crippen LogP contribution in [0.3, 0.4) is 0 Å². The average molecular weight is 456 g/mol. The second-order valence-electron chi connectivity index (χ2n) is 7.41. The average Bonchev–Trinajstić information content (AvgIpc) is 2.91. The van der Waals surface area contributed by atoms with E-state index < -0.39 is 10.0 Å². The quantitative estimate of drug-likeness (QED) is 0.602. The fraction of sp³-hybridized carbons (Fsp3) is 0.143. The smallest absolute Gasteiger partial charge is 0.250 e. The molecule has 0 atom stereocenters. The number of aromatic amines is 1.